The second-order valence-corrected chi connectivity index (χ2v) is 5.96. The van der Waals surface area contributed by atoms with Gasteiger partial charge in [0.05, 0.1) is 5.56 Å². The Balaban J connectivity index is 1.76. The van der Waals surface area contributed by atoms with Gasteiger partial charge in [-0.3, -0.25) is 9.59 Å². The Labute approximate surface area is 135 Å². The zero-order chi connectivity index (χ0) is 17.4. The van der Waals surface area contributed by atoms with Gasteiger partial charge < -0.3 is 10.3 Å². The minimum Gasteiger partial charge on any atom is -0.351 e. The fourth-order valence-electron chi connectivity index (χ4n) is 2.67. The summed E-state index contributed by atoms with van der Waals surface area (Å²) < 4.78 is 38.1. The predicted octanol–water partition coefficient (Wildman–Crippen LogP) is 2.86. The van der Waals surface area contributed by atoms with Crippen molar-refractivity contribution >= 4 is 5.91 Å². The molecule has 2 aromatic rings. The molecule has 0 aliphatic heterocycles. The molecule has 1 aliphatic carbocycles. The van der Waals surface area contributed by atoms with Crippen LogP contribution in [0.4, 0.5) is 13.2 Å². The molecule has 3 rings (SSSR count). The molecule has 0 bridgehead atoms. The molecule has 1 saturated carbocycles. The number of H-pyrrole nitrogens is 1. The topological polar surface area (TPSA) is 62.0 Å². The molecule has 1 amide bonds. The third kappa shape index (κ3) is 3.20. The highest BCUT2D eigenvalue weighted by Gasteiger charge is 2.44. The lowest BCUT2D eigenvalue weighted by atomic mass is 9.96. The van der Waals surface area contributed by atoms with Crippen molar-refractivity contribution in [2.24, 2.45) is 0 Å². The van der Waals surface area contributed by atoms with Crippen LogP contribution in [0.15, 0.2) is 47.4 Å². The van der Waals surface area contributed by atoms with E-state index in [4.69, 9.17) is 0 Å². The van der Waals surface area contributed by atoms with Crippen LogP contribution in [0.25, 0.3) is 0 Å². The average molecular weight is 336 g/mol. The van der Waals surface area contributed by atoms with Crippen molar-refractivity contribution in [3.05, 3.63) is 69.6 Å². The molecular weight excluding hydrogens is 321 g/mol. The van der Waals surface area contributed by atoms with Crippen LogP contribution >= 0.6 is 0 Å². The number of pyridine rings is 1. The smallest absolute Gasteiger partial charge is 0.351 e. The summed E-state index contributed by atoms with van der Waals surface area (Å²) in [5.74, 6) is -0.801. The van der Waals surface area contributed by atoms with Gasteiger partial charge in [-0.25, -0.2) is 0 Å². The molecule has 2 N–H and O–H groups in total. The largest absolute Gasteiger partial charge is 0.417 e. The Kier molecular flexibility index (Phi) is 3.95. The molecule has 126 valence electrons. The van der Waals surface area contributed by atoms with Gasteiger partial charge in [0.15, 0.2) is 0 Å². The summed E-state index contributed by atoms with van der Waals surface area (Å²) in [6.45, 7) is 0.283. The van der Waals surface area contributed by atoms with Gasteiger partial charge >= 0.3 is 6.18 Å². The zero-order valence-corrected chi connectivity index (χ0v) is 12.6. The molecule has 0 saturated heterocycles. The normalized spacial score (nSPS) is 15.8. The number of hydrogen-bond donors (Lipinski definition) is 2. The van der Waals surface area contributed by atoms with E-state index < -0.39 is 28.8 Å². The highest BCUT2D eigenvalue weighted by molar-refractivity contribution is 5.94. The van der Waals surface area contributed by atoms with Gasteiger partial charge in [0, 0.05) is 18.2 Å². The average Bonchev–Trinajstić information content (AvgIpc) is 3.34. The van der Waals surface area contributed by atoms with Crippen molar-refractivity contribution in [2.75, 3.05) is 6.54 Å². The van der Waals surface area contributed by atoms with Gasteiger partial charge in [-0.15, -0.1) is 0 Å². The van der Waals surface area contributed by atoms with E-state index >= 15 is 0 Å². The van der Waals surface area contributed by atoms with Crippen molar-refractivity contribution in [3.8, 4) is 0 Å². The van der Waals surface area contributed by atoms with Crippen LogP contribution < -0.4 is 10.9 Å². The SMILES string of the molecule is O=C(NCC1(c2ccccc2)CC1)c1cc(C(F)(F)F)c[nH]c1=O. The maximum absolute atomic E-state index is 12.7. The van der Waals surface area contributed by atoms with Crippen LogP contribution in [0.2, 0.25) is 0 Å². The highest BCUT2D eigenvalue weighted by atomic mass is 19.4. The van der Waals surface area contributed by atoms with Gasteiger partial charge in [-0.2, -0.15) is 13.2 Å². The second kappa shape index (κ2) is 5.81. The maximum atomic E-state index is 12.7. The van der Waals surface area contributed by atoms with E-state index in [1.54, 1.807) is 0 Å². The fourth-order valence-corrected chi connectivity index (χ4v) is 2.67. The number of benzene rings is 1. The second-order valence-electron chi connectivity index (χ2n) is 5.96. The van der Waals surface area contributed by atoms with Crippen LogP contribution in [0, 0.1) is 0 Å². The monoisotopic (exact) mass is 336 g/mol. The minimum absolute atomic E-state index is 0.189. The fraction of sp³-hybridized carbons (Fsp3) is 0.294. The quantitative estimate of drug-likeness (QED) is 0.902. The van der Waals surface area contributed by atoms with Crippen molar-refractivity contribution in [1.82, 2.24) is 10.3 Å². The number of carbonyl (C=O) groups excluding carboxylic acids is 1. The van der Waals surface area contributed by atoms with Crippen molar-refractivity contribution < 1.29 is 18.0 Å². The lowest BCUT2D eigenvalue weighted by Crippen LogP contribution is -2.35. The van der Waals surface area contributed by atoms with E-state index in [9.17, 15) is 22.8 Å². The number of hydrogen-bond acceptors (Lipinski definition) is 2. The Morgan fingerprint density at radius 1 is 1.21 bits per heavy atom. The molecule has 0 radical (unpaired) electrons. The lowest BCUT2D eigenvalue weighted by Gasteiger charge is -2.16. The number of aromatic amines is 1. The van der Waals surface area contributed by atoms with Crippen LogP contribution in [0.1, 0.15) is 34.3 Å². The summed E-state index contributed by atoms with van der Waals surface area (Å²) in [5.41, 5.74) is -1.55. The van der Waals surface area contributed by atoms with E-state index in [1.807, 2.05) is 35.3 Å². The van der Waals surface area contributed by atoms with Crippen LogP contribution in [0.5, 0.6) is 0 Å². The highest BCUT2D eigenvalue weighted by Crippen LogP contribution is 2.47. The number of carbonyl (C=O) groups is 1. The number of aromatic nitrogens is 1. The van der Waals surface area contributed by atoms with Crippen LogP contribution in [-0.4, -0.2) is 17.4 Å². The number of amides is 1. The van der Waals surface area contributed by atoms with E-state index in [-0.39, 0.29) is 12.0 Å². The molecule has 0 unspecified atom stereocenters. The Hall–Kier alpha value is -2.57. The number of halogens is 3. The molecule has 24 heavy (non-hydrogen) atoms. The van der Waals surface area contributed by atoms with Crippen LogP contribution in [0.3, 0.4) is 0 Å². The van der Waals surface area contributed by atoms with Crippen molar-refractivity contribution in [2.45, 2.75) is 24.4 Å². The third-order valence-electron chi connectivity index (χ3n) is 4.30. The predicted molar refractivity (Wildman–Crippen MR) is 81.8 cm³/mol. The zero-order valence-electron chi connectivity index (χ0n) is 12.6. The van der Waals surface area contributed by atoms with E-state index in [2.05, 4.69) is 5.32 Å². The van der Waals surface area contributed by atoms with Crippen molar-refractivity contribution in [3.63, 3.8) is 0 Å². The van der Waals surface area contributed by atoms with Gasteiger partial charge in [-0.05, 0) is 24.5 Å². The third-order valence-corrected chi connectivity index (χ3v) is 4.30. The summed E-state index contributed by atoms with van der Waals surface area (Å²) in [6, 6.07) is 10.2. The van der Waals surface area contributed by atoms with Crippen molar-refractivity contribution in [1.29, 1.82) is 0 Å². The first-order chi connectivity index (χ1) is 11.3. The first kappa shape index (κ1) is 16.3. The molecule has 1 heterocycles. The summed E-state index contributed by atoms with van der Waals surface area (Å²) in [5, 5.41) is 2.59. The lowest BCUT2D eigenvalue weighted by molar-refractivity contribution is -0.137. The Morgan fingerprint density at radius 3 is 2.46 bits per heavy atom. The van der Waals surface area contributed by atoms with E-state index in [0.29, 0.717) is 12.3 Å². The number of alkyl halides is 3. The van der Waals surface area contributed by atoms with Gasteiger partial charge in [0.1, 0.15) is 5.56 Å². The maximum Gasteiger partial charge on any atom is 0.417 e. The molecule has 1 aromatic heterocycles. The summed E-state index contributed by atoms with van der Waals surface area (Å²) in [4.78, 5) is 25.8. The van der Waals surface area contributed by atoms with E-state index in [0.717, 1.165) is 18.4 Å². The molecule has 7 heteroatoms. The summed E-state index contributed by atoms with van der Waals surface area (Å²) >= 11 is 0. The standard InChI is InChI=1S/C17H15F3N2O2/c18-17(19,20)12-8-13(14(23)21-9-12)15(24)22-10-16(6-7-16)11-4-2-1-3-5-11/h1-5,8-9H,6-7,10H2,(H,21,23)(H,22,24). The molecule has 1 aliphatic rings. The first-order valence-corrected chi connectivity index (χ1v) is 7.45. The van der Waals surface area contributed by atoms with Gasteiger partial charge in [-0.1, -0.05) is 30.3 Å². The van der Waals surface area contributed by atoms with Gasteiger partial charge in [0.2, 0.25) is 0 Å². The number of nitrogens with one attached hydrogen (secondary N) is 2. The first-order valence-electron chi connectivity index (χ1n) is 7.45. The number of rotatable bonds is 4. The molecule has 4 nitrogen and oxygen atoms in total. The molecule has 0 atom stereocenters. The summed E-state index contributed by atoms with van der Waals surface area (Å²) in [7, 11) is 0. The molecule has 1 aromatic carbocycles. The minimum atomic E-state index is -4.62. The van der Waals surface area contributed by atoms with Gasteiger partial charge in [0.25, 0.3) is 11.5 Å². The molecular formula is C17H15F3N2O2. The van der Waals surface area contributed by atoms with E-state index in [1.165, 1.54) is 0 Å². The Bertz CT molecular complexity index is 809. The molecule has 1 fully saturated rings. The summed E-state index contributed by atoms with van der Waals surface area (Å²) in [6.07, 6.45) is -2.29. The Morgan fingerprint density at radius 2 is 1.88 bits per heavy atom. The van der Waals surface area contributed by atoms with Crippen LogP contribution in [-0.2, 0) is 11.6 Å². The molecule has 0 spiro atoms.